The van der Waals surface area contributed by atoms with Crippen molar-refractivity contribution in [3.8, 4) is 0 Å². The van der Waals surface area contributed by atoms with Crippen molar-refractivity contribution in [3.63, 3.8) is 0 Å². The molecule has 1 heterocycles. The molecule has 1 saturated heterocycles. The normalized spacial score (nSPS) is 16.5. The molecule has 0 atom stereocenters. The number of carbonyl (C=O) groups is 1. The Kier molecular flexibility index (Phi) is 7.16. The molecule has 0 saturated carbocycles. The van der Waals surface area contributed by atoms with Crippen LogP contribution in [-0.4, -0.2) is 62.9 Å². The van der Waals surface area contributed by atoms with Crippen LogP contribution >= 0.6 is 0 Å². The molecule has 0 bridgehead atoms. The lowest BCUT2D eigenvalue weighted by molar-refractivity contribution is -0.135. The van der Waals surface area contributed by atoms with Gasteiger partial charge in [-0.15, -0.1) is 0 Å². The fourth-order valence-electron chi connectivity index (χ4n) is 1.66. The lowest BCUT2D eigenvalue weighted by Gasteiger charge is -2.26. The number of hydrogen-bond acceptors (Lipinski definition) is 4. The van der Waals surface area contributed by atoms with Gasteiger partial charge in [0.2, 0.25) is 5.91 Å². The molecular weight excluding hydrogens is 220 g/mol. The Morgan fingerprint density at radius 2 is 2.06 bits per heavy atom. The first kappa shape index (κ1) is 14.4. The number of ether oxygens (including phenoxy) is 2. The Labute approximate surface area is 103 Å². The van der Waals surface area contributed by atoms with Gasteiger partial charge in [0.25, 0.3) is 0 Å². The third-order valence-electron chi connectivity index (χ3n) is 2.61. The van der Waals surface area contributed by atoms with Crippen LogP contribution in [0.3, 0.4) is 0 Å². The largest absolute Gasteiger partial charge is 0.378 e. The molecule has 0 aromatic carbocycles. The highest BCUT2D eigenvalue weighted by atomic mass is 16.5. The highest BCUT2D eigenvalue weighted by Crippen LogP contribution is 1.99. The van der Waals surface area contributed by atoms with Crippen molar-refractivity contribution in [3.05, 3.63) is 0 Å². The van der Waals surface area contributed by atoms with E-state index < -0.39 is 0 Å². The topological polar surface area (TPSA) is 50.8 Å². The van der Waals surface area contributed by atoms with E-state index in [0.717, 1.165) is 26.2 Å². The number of amides is 1. The second-order valence-corrected chi connectivity index (χ2v) is 4.41. The third-order valence-corrected chi connectivity index (χ3v) is 2.61. The molecule has 5 heteroatoms. The van der Waals surface area contributed by atoms with Crippen molar-refractivity contribution in [1.82, 2.24) is 10.2 Å². The van der Waals surface area contributed by atoms with Crippen LogP contribution in [0.5, 0.6) is 0 Å². The smallest absolute Gasteiger partial charge is 0.224 e. The first-order chi connectivity index (χ1) is 8.20. The maximum atomic E-state index is 11.7. The molecule has 1 rings (SSSR count). The van der Waals surface area contributed by atoms with Crippen molar-refractivity contribution < 1.29 is 14.3 Å². The molecule has 1 aliphatic heterocycles. The molecule has 1 amide bonds. The summed E-state index contributed by atoms with van der Waals surface area (Å²) in [4.78, 5) is 13.6. The predicted molar refractivity (Wildman–Crippen MR) is 66.0 cm³/mol. The highest BCUT2D eigenvalue weighted by molar-refractivity contribution is 5.76. The Balaban J connectivity index is 1.96. The van der Waals surface area contributed by atoms with Crippen LogP contribution in [0.25, 0.3) is 0 Å². The third kappa shape index (κ3) is 6.61. The zero-order chi connectivity index (χ0) is 12.5. The van der Waals surface area contributed by atoms with Crippen molar-refractivity contribution >= 4 is 5.91 Å². The number of nitrogens with zero attached hydrogens (tertiary/aromatic N) is 1. The zero-order valence-electron chi connectivity index (χ0n) is 10.9. The van der Waals surface area contributed by atoms with Gasteiger partial charge in [-0.05, 0) is 13.8 Å². The van der Waals surface area contributed by atoms with E-state index in [0.29, 0.717) is 26.2 Å². The minimum Gasteiger partial charge on any atom is -0.378 e. The summed E-state index contributed by atoms with van der Waals surface area (Å²) in [5, 5.41) is 3.21. The second kappa shape index (κ2) is 8.44. The molecule has 1 aliphatic rings. The Morgan fingerprint density at radius 3 is 2.71 bits per heavy atom. The minimum atomic E-state index is 0.213. The van der Waals surface area contributed by atoms with Crippen LogP contribution in [0.15, 0.2) is 0 Å². The van der Waals surface area contributed by atoms with E-state index in [9.17, 15) is 4.79 Å². The fourth-order valence-corrected chi connectivity index (χ4v) is 1.66. The molecule has 1 fully saturated rings. The van der Waals surface area contributed by atoms with Crippen LogP contribution in [0.1, 0.15) is 20.3 Å². The van der Waals surface area contributed by atoms with Crippen molar-refractivity contribution in [2.24, 2.45) is 0 Å². The van der Waals surface area contributed by atoms with Crippen molar-refractivity contribution in [1.29, 1.82) is 0 Å². The summed E-state index contributed by atoms with van der Waals surface area (Å²) in [6.45, 7) is 9.05. The molecule has 0 spiro atoms. The molecule has 0 radical (unpaired) electrons. The standard InChI is InChI=1S/C12H24N2O3/c1-11(2)17-8-5-13-4-3-12(15)14-6-9-16-10-7-14/h11,13H,3-10H2,1-2H3. The van der Waals surface area contributed by atoms with E-state index in [-0.39, 0.29) is 12.0 Å². The van der Waals surface area contributed by atoms with E-state index in [1.807, 2.05) is 18.7 Å². The van der Waals surface area contributed by atoms with Crippen molar-refractivity contribution in [2.45, 2.75) is 26.4 Å². The zero-order valence-corrected chi connectivity index (χ0v) is 10.9. The summed E-state index contributed by atoms with van der Waals surface area (Å²) in [5.41, 5.74) is 0. The predicted octanol–water partition coefficient (Wildman–Crippen LogP) is 0.250. The van der Waals surface area contributed by atoms with E-state index >= 15 is 0 Å². The number of rotatable bonds is 7. The van der Waals surface area contributed by atoms with Gasteiger partial charge in [-0.3, -0.25) is 4.79 Å². The van der Waals surface area contributed by atoms with Gasteiger partial charge in [0.05, 0.1) is 25.9 Å². The quantitative estimate of drug-likeness (QED) is 0.652. The molecular formula is C12H24N2O3. The van der Waals surface area contributed by atoms with E-state index in [4.69, 9.17) is 9.47 Å². The molecule has 1 N–H and O–H groups in total. The van der Waals surface area contributed by atoms with Crippen molar-refractivity contribution in [2.75, 3.05) is 46.0 Å². The average molecular weight is 244 g/mol. The lowest BCUT2D eigenvalue weighted by Crippen LogP contribution is -2.41. The van der Waals surface area contributed by atoms with Gasteiger partial charge in [-0.2, -0.15) is 0 Å². The molecule has 0 aromatic rings. The first-order valence-corrected chi connectivity index (χ1v) is 6.38. The van der Waals surface area contributed by atoms with E-state index in [1.54, 1.807) is 0 Å². The summed E-state index contributed by atoms with van der Waals surface area (Å²) in [5.74, 6) is 0.213. The van der Waals surface area contributed by atoms with Crippen LogP contribution < -0.4 is 5.32 Å². The Bertz CT molecular complexity index is 216. The molecule has 0 unspecified atom stereocenters. The summed E-state index contributed by atoms with van der Waals surface area (Å²) >= 11 is 0. The second-order valence-electron chi connectivity index (χ2n) is 4.41. The number of morpholine rings is 1. The van der Waals surface area contributed by atoms with Crippen LogP contribution in [0.4, 0.5) is 0 Å². The van der Waals surface area contributed by atoms with Gasteiger partial charge in [0.1, 0.15) is 0 Å². The van der Waals surface area contributed by atoms with Gasteiger partial charge in [-0.1, -0.05) is 0 Å². The molecule has 5 nitrogen and oxygen atoms in total. The van der Waals surface area contributed by atoms with E-state index in [1.165, 1.54) is 0 Å². The van der Waals surface area contributed by atoms with E-state index in [2.05, 4.69) is 5.32 Å². The van der Waals surface area contributed by atoms with Gasteiger partial charge in [0.15, 0.2) is 0 Å². The van der Waals surface area contributed by atoms with Crippen LogP contribution in [-0.2, 0) is 14.3 Å². The number of nitrogens with one attached hydrogen (secondary N) is 1. The number of hydrogen-bond donors (Lipinski definition) is 1. The van der Waals surface area contributed by atoms with Crippen LogP contribution in [0, 0.1) is 0 Å². The average Bonchev–Trinajstić information content (AvgIpc) is 2.34. The summed E-state index contributed by atoms with van der Waals surface area (Å²) in [7, 11) is 0. The summed E-state index contributed by atoms with van der Waals surface area (Å²) in [6, 6.07) is 0. The minimum absolute atomic E-state index is 0.213. The monoisotopic (exact) mass is 244 g/mol. The molecule has 0 aromatic heterocycles. The SMILES string of the molecule is CC(C)OCCNCCC(=O)N1CCOCC1. The molecule has 17 heavy (non-hydrogen) atoms. The van der Waals surface area contributed by atoms with Gasteiger partial charge in [-0.25, -0.2) is 0 Å². The van der Waals surface area contributed by atoms with Gasteiger partial charge >= 0.3 is 0 Å². The maximum Gasteiger partial charge on any atom is 0.224 e. The Hall–Kier alpha value is -0.650. The fraction of sp³-hybridized carbons (Fsp3) is 0.917. The highest BCUT2D eigenvalue weighted by Gasteiger charge is 2.15. The summed E-state index contributed by atoms with van der Waals surface area (Å²) in [6.07, 6.45) is 0.827. The lowest BCUT2D eigenvalue weighted by atomic mass is 10.3. The molecule has 0 aliphatic carbocycles. The summed E-state index contributed by atoms with van der Waals surface area (Å²) < 4.78 is 10.6. The Morgan fingerprint density at radius 1 is 1.35 bits per heavy atom. The molecule has 100 valence electrons. The maximum absolute atomic E-state index is 11.7. The van der Waals surface area contributed by atoms with Gasteiger partial charge < -0.3 is 19.7 Å². The number of carbonyl (C=O) groups excluding carboxylic acids is 1. The first-order valence-electron chi connectivity index (χ1n) is 6.38. The van der Waals surface area contributed by atoms with Crippen LogP contribution in [0.2, 0.25) is 0 Å². The van der Waals surface area contributed by atoms with Gasteiger partial charge in [0, 0.05) is 32.6 Å².